The minimum atomic E-state index is -0.307. The van der Waals surface area contributed by atoms with Crippen LogP contribution in [0.25, 0.3) is 11.2 Å². The van der Waals surface area contributed by atoms with Crippen LogP contribution in [0, 0.1) is 0 Å². The number of nitrogens with zero attached hydrogens (tertiary/aromatic N) is 3. The lowest BCUT2D eigenvalue weighted by atomic mass is 10.2. The van der Waals surface area contributed by atoms with Crippen LogP contribution in [0.5, 0.6) is 5.75 Å². The van der Waals surface area contributed by atoms with Gasteiger partial charge in [-0.3, -0.25) is 4.79 Å². The number of hydrogen-bond donors (Lipinski definition) is 1. The van der Waals surface area contributed by atoms with Crippen LogP contribution < -0.4 is 10.1 Å². The molecule has 0 bridgehead atoms. The molecule has 7 nitrogen and oxygen atoms in total. The number of benzene rings is 1. The Morgan fingerprint density at radius 3 is 2.93 bits per heavy atom. The first-order valence-electron chi connectivity index (χ1n) is 8.60. The molecule has 4 aromatic rings. The molecule has 0 aliphatic carbocycles. The van der Waals surface area contributed by atoms with E-state index in [0.717, 1.165) is 22.5 Å². The van der Waals surface area contributed by atoms with Gasteiger partial charge in [-0.1, -0.05) is 12.1 Å². The van der Waals surface area contributed by atoms with Crippen LogP contribution in [0.15, 0.2) is 63.8 Å². The van der Waals surface area contributed by atoms with E-state index in [4.69, 9.17) is 9.15 Å². The lowest BCUT2D eigenvalue weighted by Gasteiger charge is -2.10. The van der Waals surface area contributed by atoms with Crippen LogP contribution in [0.4, 0.5) is 0 Å². The molecule has 142 valence electrons. The molecule has 28 heavy (non-hydrogen) atoms. The first kappa shape index (κ1) is 18.2. The molecular weight excluding hydrogens is 424 g/mol. The zero-order valence-corrected chi connectivity index (χ0v) is 16.6. The summed E-state index contributed by atoms with van der Waals surface area (Å²) < 4.78 is 13.1. The van der Waals surface area contributed by atoms with Crippen molar-refractivity contribution in [1.82, 2.24) is 19.9 Å². The van der Waals surface area contributed by atoms with Crippen molar-refractivity contribution in [3.8, 4) is 5.75 Å². The van der Waals surface area contributed by atoms with E-state index in [0.29, 0.717) is 17.0 Å². The molecule has 0 fully saturated rings. The van der Waals surface area contributed by atoms with Crippen molar-refractivity contribution in [2.45, 2.75) is 13.1 Å². The summed E-state index contributed by atoms with van der Waals surface area (Å²) in [4.78, 5) is 21.4. The van der Waals surface area contributed by atoms with Crippen molar-refractivity contribution in [3.63, 3.8) is 0 Å². The number of hydrogen-bond acceptors (Lipinski definition) is 5. The number of nitrogens with one attached hydrogen (secondary N) is 1. The van der Waals surface area contributed by atoms with E-state index in [1.807, 2.05) is 41.0 Å². The van der Waals surface area contributed by atoms with Crippen molar-refractivity contribution in [2.75, 3.05) is 7.11 Å². The molecule has 0 saturated heterocycles. The predicted octanol–water partition coefficient (Wildman–Crippen LogP) is 3.77. The van der Waals surface area contributed by atoms with Gasteiger partial charge in [-0.25, -0.2) is 9.97 Å². The summed E-state index contributed by atoms with van der Waals surface area (Å²) in [6, 6.07) is 14.9. The van der Waals surface area contributed by atoms with Gasteiger partial charge in [-0.2, -0.15) is 0 Å². The van der Waals surface area contributed by atoms with Gasteiger partial charge < -0.3 is 19.0 Å². The number of methoxy groups -OCH3 is 1. The van der Waals surface area contributed by atoms with E-state index in [1.165, 1.54) is 0 Å². The van der Waals surface area contributed by atoms with Gasteiger partial charge in [-0.05, 0) is 57.9 Å². The number of pyridine rings is 1. The van der Waals surface area contributed by atoms with Crippen LogP contribution in [0.2, 0.25) is 0 Å². The van der Waals surface area contributed by atoms with E-state index in [9.17, 15) is 4.79 Å². The maximum atomic E-state index is 12.3. The van der Waals surface area contributed by atoms with Crippen LogP contribution in [0.1, 0.15) is 21.9 Å². The van der Waals surface area contributed by atoms with E-state index in [-0.39, 0.29) is 18.2 Å². The molecule has 0 aliphatic rings. The van der Waals surface area contributed by atoms with Gasteiger partial charge >= 0.3 is 0 Å². The SMILES string of the molecule is COc1cccc(Cn2c(CNC(=O)c3ccc(Br)o3)nc3cccnc32)c1. The van der Waals surface area contributed by atoms with Gasteiger partial charge in [0.05, 0.1) is 20.2 Å². The Hall–Kier alpha value is -3.13. The molecular formula is C20H17BrN4O3. The minimum absolute atomic E-state index is 0.237. The Labute approximate surface area is 169 Å². The second-order valence-corrected chi connectivity index (χ2v) is 6.88. The fourth-order valence-electron chi connectivity index (χ4n) is 2.94. The number of carbonyl (C=O) groups is 1. The van der Waals surface area contributed by atoms with Crippen LogP contribution in [-0.4, -0.2) is 27.6 Å². The van der Waals surface area contributed by atoms with E-state index < -0.39 is 0 Å². The summed E-state index contributed by atoms with van der Waals surface area (Å²) in [7, 11) is 1.64. The number of carbonyl (C=O) groups excluding carboxylic acids is 1. The lowest BCUT2D eigenvalue weighted by Crippen LogP contribution is -2.24. The highest BCUT2D eigenvalue weighted by atomic mass is 79.9. The van der Waals surface area contributed by atoms with E-state index in [1.54, 1.807) is 25.4 Å². The zero-order valence-electron chi connectivity index (χ0n) is 15.1. The second kappa shape index (κ2) is 7.85. The number of aromatic nitrogens is 3. The number of rotatable bonds is 6. The van der Waals surface area contributed by atoms with Gasteiger partial charge in [-0.15, -0.1) is 0 Å². The average molecular weight is 441 g/mol. The Bertz CT molecular complexity index is 1140. The van der Waals surface area contributed by atoms with Crippen molar-refractivity contribution < 1.29 is 13.9 Å². The normalized spacial score (nSPS) is 10.9. The van der Waals surface area contributed by atoms with Gasteiger partial charge in [0, 0.05) is 6.20 Å². The fraction of sp³-hybridized carbons (Fsp3) is 0.150. The summed E-state index contributed by atoms with van der Waals surface area (Å²) >= 11 is 3.20. The summed E-state index contributed by atoms with van der Waals surface area (Å²) in [5.74, 6) is 1.42. The highest BCUT2D eigenvalue weighted by molar-refractivity contribution is 9.10. The molecule has 0 aliphatic heterocycles. The molecule has 0 atom stereocenters. The lowest BCUT2D eigenvalue weighted by molar-refractivity contribution is 0.0920. The van der Waals surface area contributed by atoms with E-state index in [2.05, 4.69) is 31.2 Å². The highest BCUT2D eigenvalue weighted by Gasteiger charge is 2.15. The molecule has 1 amide bonds. The zero-order chi connectivity index (χ0) is 19.5. The van der Waals surface area contributed by atoms with Crippen molar-refractivity contribution >= 4 is 33.0 Å². The standard InChI is InChI=1S/C20H17BrN4O3/c1-27-14-5-2-4-13(10-14)12-25-18(24-15-6-3-9-22-19(15)25)11-23-20(26)16-7-8-17(21)28-16/h2-10H,11-12H2,1H3,(H,23,26). The number of ether oxygens (including phenoxy) is 1. The molecule has 8 heteroatoms. The van der Waals surface area contributed by atoms with Gasteiger partial charge in [0.25, 0.3) is 5.91 Å². The number of furan rings is 1. The molecule has 0 saturated carbocycles. The minimum Gasteiger partial charge on any atom is -0.497 e. The van der Waals surface area contributed by atoms with Gasteiger partial charge in [0.2, 0.25) is 0 Å². The quantitative estimate of drug-likeness (QED) is 0.493. The largest absolute Gasteiger partial charge is 0.497 e. The molecule has 3 heterocycles. The summed E-state index contributed by atoms with van der Waals surface area (Å²) in [5, 5.41) is 2.85. The van der Waals surface area contributed by atoms with Crippen LogP contribution >= 0.6 is 15.9 Å². The topological polar surface area (TPSA) is 82.2 Å². The average Bonchev–Trinajstić information content (AvgIpc) is 3.30. The molecule has 0 spiro atoms. The third kappa shape index (κ3) is 3.77. The number of amides is 1. The van der Waals surface area contributed by atoms with Crippen molar-refractivity contribution in [2.24, 2.45) is 0 Å². The summed E-state index contributed by atoms with van der Waals surface area (Å²) in [6.45, 7) is 0.805. The first-order valence-corrected chi connectivity index (χ1v) is 9.40. The van der Waals surface area contributed by atoms with E-state index >= 15 is 0 Å². The fourth-order valence-corrected chi connectivity index (χ4v) is 3.25. The molecule has 4 rings (SSSR count). The molecule has 1 aromatic carbocycles. The maximum Gasteiger partial charge on any atom is 0.287 e. The van der Waals surface area contributed by atoms with Crippen LogP contribution in [0.3, 0.4) is 0 Å². The molecule has 0 radical (unpaired) electrons. The van der Waals surface area contributed by atoms with Gasteiger partial charge in [0.1, 0.15) is 17.1 Å². The summed E-state index contributed by atoms with van der Waals surface area (Å²) in [5.41, 5.74) is 2.58. The highest BCUT2D eigenvalue weighted by Crippen LogP contribution is 2.19. The Morgan fingerprint density at radius 2 is 2.14 bits per heavy atom. The first-order chi connectivity index (χ1) is 13.6. The Morgan fingerprint density at radius 1 is 1.25 bits per heavy atom. The van der Waals surface area contributed by atoms with Crippen molar-refractivity contribution in [1.29, 1.82) is 0 Å². The maximum absolute atomic E-state index is 12.3. The second-order valence-electron chi connectivity index (χ2n) is 6.10. The number of imidazole rings is 1. The molecule has 0 unspecified atom stereocenters. The smallest absolute Gasteiger partial charge is 0.287 e. The van der Waals surface area contributed by atoms with Crippen molar-refractivity contribution in [3.05, 3.63) is 76.5 Å². The third-order valence-corrected chi connectivity index (χ3v) is 4.69. The summed E-state index contributed by atoms with van der Waals surface area (Å²) in [6.07, 6.45) is 1.73. The van der Waals surface area contributed by atoms with Crippen LogP contribution in [-0.2, 0) is 13.1 Å². The molecule has 3 aromatic heterocycles. The predicted molar refractivity (Wildman–Crippen MR) is 107 cm³/mol. The number of halogens is 1. The Balaban J connectivity index is 1.62. The Kier molecular flexibility index (Phi) is 5.12. The third-order valence-electron chi connectivity index (χ3n) is 4.26. The number of fused-ring (bicyclic) bond motifs is 1. The monoisotopic (exact) mass is 440 g/mol. The van der Waals surface area contributed by atoms with Gasteiger partial charge in [0.15, 0.2) is 16.1 Å². The molecule has 1 N–H and O–H groups in total.